The molecule has 2 heterocycles. The van der Waals surface area contributed by atoms with Gasteiger partial charge in [0.15, 0.2) is 0 Å². The fourth-order valence-corrected chi connectivity index (χ4v) is 4.22. The molecular formula is C17H29N3. The highest BCUT2D eigenvalue weighted by Gasteiger charge is 2.25. The molecule has 112 valence electrons. The van der Waals surface area contributed by atoms with Crippen LogP contribution >= 0.6 is 0 Å². The molecule has 1 N–H and O–H groups in total. The Morgan fingerprint density at radius 3 is 2.40 bits per heavy atom. The van der Waals surface area contributed by atoms with Crippen molar-refractivity contribution in [2.45, 2.75) is 77.2 Å². The number of nitrogens with one attached hydrogen (secondary N) is 1. The van der Waals surface area contributed by atoms with Gasteiger partial charge in [0.2, 0.25) is 0 Å². The predicted octanol–water partition coefficient (Wildman–Crippen LogP) is 3.86. The molecule has 1 saturated heterocycles. The molecule has 0 aromatic carbocycles. The number of hydrogen-bond donors (Lipinski definition) is 1. The van der Waals surface area contributed by atoms with E-state index in [4.69, 9.17) is 5.10 Å². The summed E-state index contributed by atoms with van der Waals surface area (Å²) >= 11 is 0. The van der Waals surface area contributed by atoms with Crippen molar-refractivity contribution < 1.29 is 0 Å². The molecule has 2 fully saturated rings. The predicted molar refractivity (Wildman–Crippen MR) is 83.3 cm³/mol. The van der Waals surface area contributed by atoms with Crippen LogP contribution in [0.15, 0.2) is 0 Å². The number of rotatable bonds is 2. The number of nitrogens with zero attached hydrogens (tertiary/aromatic N) is 2. The third-order valence-electron chi connectivity index (χ3n) is 5.26. The van der Waals surface area contributed by atoms with Crippen LogP contribution in [0.3, 0.4) is 0 Å². The van der Waals surface area contributed by atoms with Crippen molar-refractivity contribution in [1.82, 2.24) is 15.1 Å². The van der Waals surface area contributed by atoms with Crippen LogP contribution in [-0.4, -0.2) is 22.9 Å². The van der Waals surface area contributed by atoms with Crippen LogP contribution in [0.1, 0.15) is 80.3 Å². The van der Waals surface area contributed by atoms with E-state index in [1.165, 1.54) is 69.3 Å². The highest BCUT2D eigenvalue weighted by Crippen LogP contribution is 2.33. The van der Waals surface area contributed by atoms with E-state index >= 15 is 0 Å². The van der Waals surface area contributed by atoms with E-state index in [9.17, 15) is 0 Å². The Kier molecular flexibility index (Phi) is 4.45. The SMILES string of the molecule is Cc1nn(C2CCCCCC2)c(C)c1C1CCCNC1. The van der Waals surface area contributed by atoms with E-state index in [0.717, 1.165) is 6.54 Å². The Morgan fingerprint density at radius 1 is 1.00 bits per heavy atom. The van der Waals surface area contributed by atoms with Gasteiger partial charge in [-0.25, -0.2) is 0 Å². The van der Waals surface area contributed by atoms with Gasteiger partial charge in [-0.3, -0.25) is 4.68 Å². The number of hydrogen-bond acceptors (Lipinski definition) is 2. The smallest absolute Gasteiger partial charge is 0.0631 e. The van der Waals surface area contributed by atoms with Crippen molar-refractivity contribution in [2.75, 3.05) is 13.1 Å². The monoisotopic (exact) mass is 275 g/mol. The van der Waals surface area contributed by atoms with Gasteiger partial charge in [-0.2, -0.15) is 5.10 Å². The Labute approximate surface area is 123 Å². The first-order chi connectivity index (χ1) is 9.77. The van der Waals surface area contributed by atoms with Crippen molar-refractivity contribution in [3.63, 3.8) is 0 Å². The zero-order valence-corrected chi connectivity index (χ0v) is 13.1. The standard InChI is InChI=1S/C17H29N3/c1-13-17(15-8-7-11-18-12-15)14(2)20(19-13)16-9-5-3-4-6-10-16/h15-16,18H,3-12H2,1-2H3. The molecule has 3 heteroatoms. The van der Waals surface area contributed by atoms with E-state index in [0.29, 0.717) is 12.0 Å². The quantitative estimate of drug-likeness (QED) is 0.831. The van der Waals surface area contributed by atoms with E-state index in [-0.39, 0.29) is 0 Å². The molecule has 20 heavy (non-hydrogen) atoms. The summed E-state index contributed by atoms with van der Waals surface area (Å²) in [6.45, 7) is 6.84. The summed E-state index contributed by atoms with van der Waals surface area (Å²) in [5, 5.41) is 8.49. The average Bonchev–Trinajstić information content (AvgIpc) is 2.67. The average molecular weight is 275 g/mol. The molecule has 1 aromatic rings. The summed E-state index contributed by atoms with van der Waals surface area (Å²) in [7, 11) is 0. The summed E-state index contributed by atoms with van der Waals surface area (Å²) in [6.07, 6.45) is 10.9. The topological polar surface area (TPSA) is 29.9 Å². The Balaban J connectivity index is 1.85. The van der Waals surface area contributed by atoms with Gasteiger partial charge in [-0.15, -0.1) is 0 Å². The van der Waals surface area contributed by atoms with Crippen LogP contribution in [0.5, 0.6) is 0 Å². The minimum atomic E-state index is 0.654. The van der Waals surface area contributed by atoms with E-state index < -0.39 is 0 Å². The molecule has 3 rings (SSSR count). The lowest BCUT2D eigenvalue weighted by molar-refractivity contribution is 0.395. The highest BCUT2D eigenvalue weighted by molar-refractivity contribution is 5.30. The first-order valence-electron chi connectivity index (χ1n) is 8.53. The van der Waals surface area contributed by atoms with Gasteiger partial charge in [-0.1, -0.05) is 25.7 Å². The van der Waals surface area contributed by atoms with Crippen molar-refractivity contribution in [3.05, 3.63) is 17.0 Å². The van der Waals surface area contributed by atoms with Crippen LogP contribution in [0.2, 0.25) is 0 Å². The second kappa shape index (κ2) is 6.30. The van der Waals surface area contributed by atoms with Gasteiger partial charge in [0.25, 0.3) is 0 Å². The maximum atomic E-state index is 4.94. The fraction of sp³-hybridized carbons (Fsp3) is 0.824. The molecule has 1 saturated carbocycles. The molecule has 0 spiro atoms. The lowest BCUT2D eigenvalue weighted by Gasteiger charge is -2.24. The zero-order chi connectivity index (χ0) is 13.9. The lowest BCUT2D eigenvalue weighted by atomic mass is 9.90. The molecule has 1 aromatic heterocycles. The van der Waals surface area contributed by atoms with Crippen molar-refractivity contribution in [1.29, 1.82) is 0 Å². The number of aromatic nitrogens is 2. The molecule has 0 radical (unpaired) electrons. The summed E-state index contributed by atoms with van der Waals surface area (Å²) < 4.78 is 2.38. The van der Waals surface area contributed by atoms with Gasteiger partial charge < -0.3 is 5.32 Å². The first kappa shape index (κ1) is 14.1. The van der Waals surface area contributed by atoms with Gasteiger partial charge in [0.1, 0.15) is 0 Å². The van der Waals surface area contributed by atoms with Crippen LogP contribution in [0.4, 0.5) is 0 Å². The molecule has 1 atom stereocenters. The maximum absolute atomic E-state index is 4.94. The van der Waals surface area contributed by atoms with Crippen LogP contribution in [0, 0.1) is 13.8 Å². The van der Waals surface area contributed by atoms with Crippen molar-refractivity contribution in [3.8, 4) is 0 Å². The minimum absolute atomic E-state index is 0.654. The third-order valence-corrected chi connectivity index (χ3v) is 5.26. The summed E-state index contributed by atoms with van der Waals surface area (Å²) in [6, 6.07) is 0.654. The molecule has 2 aliphatic rings. The van der Waals surface area contributed by atoms with Gasteiger partial charge in [-0.05, 0) is 46.1 Å². The molecule has 1 aliphatic carbocycles. The normalized spacial score (nSPS) is 25.6. The van der Waals surface area contributed by atoms with E-state index in [2.05, 4.69) is 23.8 Å². The third kappa shape index (κ3) is 2.78. The molecule has 1 unspecified atom stereocenters. The van der Waals surface area contributed by atoms with E-state index in [1.807, 2.05) is 0 Å². The Hall–Kier alpha value is -0.830. The second-order valence-electron chi connectivity index (χ2n) is 6.72. The van der Waals surface area contributed by atoms with Crippen LogP contribution in [-0.2, 0) is 0 Å². The number of aryl methyl sites for hydroxylation is 1. The summed E-state index contributed by atoms with van der Waals surface area (Å²) in [5.74, 6) is 0.684. The Bertz CT molecular complexity index is 435. The van der Waals surface area contributed by atoms with Crippen molar-refractivity contribution >= 4 is 0 Å². The molecule has 1 aliphatic heterocycles. The first-order valence-corrected chi connectivity index (χ1v) is 8.53. The van der Waals surface area contributed by atoms with Gasteiger partial charge in [0.05, 0.1) is 11.7 Å². The summed E-state index contributed by atoms with van der Waals surface area (Å²) in [4.78, 5) is 0. The molecule has 3 nitrogen and oxygen atoms in total. The molecular weight excluding hydrogens is 246 g/mol. The van der Waals surface area contributed by atoms with Crippen molar-refractivity contribution in [2.24, 2.45) is 0 Å². The van der Waals surface area contributed by atoms with Gasteiger partial charge >= 0.3 is 0 Å². The fourth-order valence-electron chi connectivity index (χ4n) is 4.22. The minimum Gasteiger partial charge on any atom is -0.316 e. The van der Waals surface area contributed by atoms with Gasteiger partial charge in [0, 0.05) is 23.7 Å². The molecule has 0 bridgehead atoms. The highest BCUT2D eigenvalue weighted by atomic mass is 15.3. The summed E-state index contributed by atoms with van der Waals surface area (Å²) in [5.41, 5.74) is 4.27. The largest absolute Gasteiger partial charge is 0.316 e. The van der Waals surface area contributed by atoms with E-state index in [1.54, 1.807) is 5.56 Å². The Morgan fingerprint density at radius 2 is 1.75 bits per heavy atom. The molecule has 0 amide bonds. The zero-order valence-electron chi connectivity index (χ0n) is 13.1. The van der Waals surface area contributed by atoms with Crippen LogP contribution < -0.4 is 5.32 Å². The van der Waals surface area contributed by atoms with Crippen LogP contribution in [0.25, 0.3) is 0 Å². The lowest BCUT2D eigenvalue weighted by Crippen LogP contribution is -2.29. The maximum Gasteiger partial charge on any atom is 0.0631 e. The second-order valence-corrected chi connectivity index (χ2v) is 6.72. The number of piperidine rings is 1.